The third-order valence-electron chi connectivity index (χ3n) is 7.39. The Morgan fingerprint density at radius 2 is 0.971 bits per heavy atom. The van der Waals surface area contributed by atoms with Gasteiger partial charge >= 0.3 is 0 Å². The van der Waals surface area contributed by atoms with Crippen molar-refractivity contribution >= 4 is 0 Å². The molecule has 2 heteroatoms. The van der Waals surface area contributed by atoms with Crippen LogP contribution in [0.1, 0.15) is 114 Å². The molecule has 192 valence electrons. The Hall–Kier alpha value is -1.64. The number of benzene rings is 2. The molecule has 34 heavy (non-hydrogen) atoms. The number of quaternary nitrogens is 1. The van der Waals surface area contributed by atoms with Gasteiger partial charge in [-0.3, -0.25) is 0 Å². The zero-order valence-corrected chi connectivity index (χ0v) is 22.8. The van der Waals surface area contributed by atoms with Crippen LogP contribution in [0.2, 0.25) is 0 Å². The van der Waals surface area contributed by atoms with E-state index in [1.165, 1.54) is 108 Å². The Bertz CT molecular complexity index is 695. The predicted molar refractivity (Wildman–Crippen MR) is 152 cm³/mol. The minimum atomic E-state index is 0. The molecule has 0 bridgehead atoms. The smallest absolute Gasteiger partial charge is 0.118 e. The molecule has 0 aromatic heterocycles. The van der Waals surface area contributed by atoms with E-state index in [-0.39, 0.29) is 6.15 Å². The Labute approximate surface area is 212 Å². The summed E-state index contributed by atoms with van der Waals surface area (Å²) >= 11 is 0. The van der Waals surface area contributed by atoms with Gasteiger partial charge in [0.25, 0.3) is 0 Å². The summed E-state index contributed by atoms with van der Waals surface area (Å²) in [5.74, 6) is 0. The van der Waals surface area contributed by atoms with Crippen molar-refractivity contribution in [2.24, 2.45) is 0 Å². The van der Waals surface area contributed by atoms with Crippen LogP contribution in [-0.2, 0) is 6.42 Å². The average molecular weight is 468 g/mol. The van der Waals surface area contributed by atoms with E-state index in [0.29, 0.717) is 6.04 Å². The molecule has 0 spiro atoms. The van der Waals surface area contributed by atoms with E-state index < -0.39 is 0 Å². The molecule has 0 radical (unpaired) electrons. The topological polar surface area (TPSA) is 35.0 Å². The molecule has 3 N–H and O–H groups in total. The standard InChI is InChI=1S/C32H52N.H3N/c1-4-5-6-7-8-9-10-11-12-13-14-15-16-23-28-33(2,3)32(31-26-21-18-22-27-31)29-30-24-19-17-20-25-30;/h17-22,24-27,32H,4-16,23,28-29H2,1-3H3;1H3/q+1;. The molecule has 2 rings (SSSR count). The maximum absolute atomic E-state index is 2.43. The van der Waals surface area contributed by atoms with Crippen molar-refractivity contribution < 1.29 is 4.48 Å². The maximum Gasteiger partial charge on any atom is 0.118 e. The van der Waals surface area contributed by atoms with Crippen LogP contribution < -0.4 is 6.15 Å². The van der Waals surface area contributed by atoms with Crippen LogP contribution in [0.4, 0.5) is 0 Å². The summed E-state index contributed by atoms with van der Waals surface area (Å²) in [6, 6.07) is 22.7. The first-order chi connectivity index (χ1) is 16.1. The number of likely N-dealkylation sites (N-methyl/N-ethyl adjacent to an activating group) is 1. The number of rotatable bonds is 19. The van der Waals surface area contributed by atoms with Gasteiger partial charge in [-0.15, -0.1) is 0 Å². The molecule has 0 amide bonds. The number of unbranched alkanes of at least 4 members (excludes halogenated alkanes) is 13. The first-order valence-electron chi connectivity index (χ1n) is 14.0. The largest absolute Gasteiger partial charge is 0.344 e. The van der Waals surface area contributed by atoms with Crippen LogP contribution in [0.25, 0.3) is 0 Å². The molecule has 0 saturated heterocycles. The quantitative estimate of drug-likeness (QED) is 0.162. The normalized spacial score (nSPS) is 12.3. The molecule has 2 aromatic rings. The second kappa shape index (κ2) is 18.7. The van der Waals surface area contributed by atoms with Gasteiger partial charge in [-0.05, 0) is 18.4 Å². The van der Waals surface area contributed by atoms with E-state index in [2.05, 4.69) is 81.7 Å². The fourth-order valence-corrected chi connectivity index (χ4v) is 5.15. The number of nitrogens with zero attached hydrogens (tertiary/aromatic N) is 1. The van der Waals surface area contributed by atoms with Gasteiger partial charge in [0.1, 0.15) is 6.04 Å². The van der Waals surface area contributed by atoms with Gasteiger partial charge in [0.2, 0.25) is 0 Å². The molecule has 0 aliphatic heterocycles. The van der Waals surface area contributed by atoms with Crippen LogP contribution in [0.5, 0.6) is 0 Å². The fraction of sp³-hybridized carbons (Fsp3) is 0.625. The molecular weight excluding hydrogens is 412 g/mol. The van der Waals surface area contributed by atoms with Crippen molar-refractivity contribution in [3.63, 3.8) is 0 Å². The lowest BCUT2D eigenvalue weighted by Crippen LogP contribution is -2.44. The van der Waals surface area contributed by atoms with Crippen molar-refractivity contribution in [3.05, 3.63) is 71.8 Å². The Morgan fingerprint density at radius 1 is 0.559 bits per heavy atom. The van der Waals surface area contributed by atoms with E-state index in [1.807, 2.05) is 0 Å². The van der Waals surface area contributed by atoms with Crippen LogP contribution in [-0.4, -0.2) is 25.1 Å². The summed E-state index contributed by atoms with van der Waals surface area (Å²) in [5.41, 5.74) is 2.91. The van der Waals surface area contributed by atoms with E-state index in [1.54, 1.807) is 0 Å². The summed E-state index contributed by atoms with van der Waals surface area (Å²) in [6.07, 6.45) is 21.1. The summed E-state index contributed by atoms with van der Waals surface area (Å²) in [4.78, 5) is 0. The zero-order valence-electron chi connectivity index (χ0n) is 22.8. The monoisotopic (exact) mass is 467 g/mol. The van der Waals surface area contributed by atoms with Crippen LogP contribution in [0, 0.1) is 0 Å². The first kappa shape index (κ1) is 30.4. The summed E-state index contributed by atoms with van der Waals surface area (Å²) in [7, 11) is 4.87. The second-order valence-corrected chi connectivity index (χ2v) is 10.7. The average Bonchev–Trinajstić information content (AvgIpc) is 2.84. The minimum absolute atomic E-state index is 0. The van der Waals surface area contributed by atoms with Gasteiger partial charge in [0.15, 0.2) is 0 Å². The Morgan fingerprint density at radius 3 is 1.44 bits per heavy atom. The van der Waals surface area contributed by atoms with Gasteiger partial charge in [0.05, 0.1) is 20.6 Å². The van der Waals surface area contributed by atoms with E-state index in [4.69, 9.17) is 0 Å². The highest BCUT2D eigenvalue weighted by Crippen LogP contribution is 2.29. The molecule has 2 aromatic carbocycles. The van der Waals surface area contributed by atoms with Crippen molar-refractivity contribution in [1.82, 2.24) is 6.15 Å². The lowest BCUT2D eigenvalue weighted by atomic mass is 9.95. The SMILES string of the molecule is CCCCCCCCCCCCCCCC[N+](C)(C)C(Cc1ccccc1)c1ccccc1.N. The summed E-state index contributed by atoms with van der Waals surface area (Å²) in [6.45, 7) is 3.55. The number of hydrogen-bond acceptors (Lipinski definition) is 1. The van der Waals surface area contributed by atoms with Crippen molar-refractivity contribution in [2.75, 3.05) is 20.6 Å². The summed E-state index contributed by atoms with van der Waals surface area (Å²) in [5, 5.41) is 0. The zero-order chi connectivity index (χ0) is 23.6. The highest BCUT2D eigenvalue weighted by atomic mass is 15.3. The van der Waals surface area contributed by atoms with Crippen molar-refractivity contribution in [2.45, 2.75) is 109 Å². The lowest BCUT2D eigenvalue weighted by molar-refractivity contribution is -0.921. The molecule has 1 atom stereocenters. The Kier molecular flexibility index (Phi) is 16.7. The molecule has 0 fully saturated rings. The van der Waals surface area contributed by atoms with E-state index in [9.17, 15) is 0 Å². The first-order valence-corrected chi connectivity index (χ1v) is 14.0. The molecule has 0 aliphatic carbocycles. The van der Waals surface area contributed by atoms with Gasteiger partial charge < -0.3 is 10.6 Å². The van der Waals surface area contributed by atoms with Crippen LogP contribution in [0.15, 0.2) is 60.7 Å². The molecular formula is C32H55N2+. The minimum Gasteiger partial charge on any atom is -0.344 e. The molecule has 1 unspecified atom stereocenters. The molecule has 0 heterocycles. The Balaban J connectivity index is 0.00000578. The third-order valence-corrected chi connectivity index (χ3v) is 7.39. The predicted octanol–water partition coefficient (Wildman–Crippen LogP) is 9.69. The highest BCUT2D eigenvalue weighted by molar-refractivity contribution is 5.22. The highest BCUT2D eigenvalue weighted by Gasteiger charge is 2.29. The third kappa shape index (κ3) is 12.7. The van der Waals surface area contributed by atoms with E-state index in [0.717, 1.165) is 10.9 Å². The molecule has 0 aliphatic rings. The van der Waals surface area contributed by atoms with Gasteiger partial charge in [0, 0.05) is 12.0 Å². The molecule has 2 nitrogen and oxygen atoms in total. The second-order valence-electron chi connectivity index (χ2n) is 10.7. The number of hydrogen-bond donors (Lipinski definition) is 1. The fourth-order valence-electron chi connectivity index (χ4n) is 5.15. The van der Waals surface area contributed by atoms with Crippen LogP contribution in [0.3, 0.4) is 0 Å². The van der Waals surface area contributed by atoms with Crippen molar-refractivity contribution in [3.8, 4) is 0 Å². The maximum atomic E-state index is 2.43. The van der Waals surface area contributed by atoms with Crippen molar-refractivity contribution in [1.29, 1.82) is 0 Å². The lowest BCUT2D eigenvalue weighted by Gasteiger charge is -2.39. The van der Waals surface area contributed by atoms with Gasteiger partial charge in [-0.25, -0.2) is 0 Å². The van der Waals surface area contributed by atoms with Crippen LogP contribution >= 0.6 is 0 Å². The van der Waals surface area contributed by atoms with Gasteiger partial charge in [-0.2, -0.15) is 0 Å². The molecule has 0 saturated carbocycles. The van der Waals surface area contributed by atoms with Gasteiger partial charge in [-0.1, -0.05) is 145 Å². The van der Waals surface area contributed by atoms with E-state index >= 15 is 0 Å². The summed E-state index contributed by atoms with van der Waals surface area (Å²) < 4.78 is 1.07.